The number of aliphatic hydroxyl groups is 1. The monoisotopic (exact) mass is 569 g/mol. The van der Waals surface area contributed by atoms with E-state index in [1.807, 2.05) is 30.3 Å². The number of methoxy groups -OCH3 is 1. The lowest BCUT2D eigenvalue weighted by Gasteiger charge is -2.45. The number of aliphatic hydroxyl groups excluding tert-OH is 1. The number of rotatable bonds is 7. The summed E-state index contributed by atoms with van der Waals surface area (Å²) in [5, 5.41) is 13.2. The number of benzene rings is 2. The van der Waals surface area contributed by atoms with Crippen molar-refractivity contribution < 1.29 is 28.2 Å². The number of carbonyl (C=O) groups is 2. The molecular formula is C30H37F2N5O4. The molecule has 41 heavy (non-hydrogen) atoms. The fourth-order valence-electron chi connectivity index (χ4n) is 5.14. The van der Waals surface area contributed by atoms with Gasteiger partial charge in [-0.15, -0.1) is 0 Å². The van der Waals surface area contributed by atoms with Gasteiger partial charge in [0.2, 0.25) is 0 Å². The SMILES string of the molecule is C1CCNC1.COC(=O)N1CC(C(c2nc(-c3cc(F)ccc3F)cn2Cc2ccccc2)N(C)C(=O)[C@H](C)O)C1. The first-order chi connectivity index (χ1) is 19.7. The number of imidazole rings is 1. The number of nitrogens with zero attached hydrogens (tertiary/aromatic N) is 4. The summed E-state index contributed by atoms with van der Waals surface area (Å²) in [5.74, 6) is -1.54. The van der Waals surface area contributed by atoms with Crippen LogP contribution in [0.1, 0.15) is 37.2 Å². The van der Waals surface area contributed by atoms with Crippen molar-refractivity contribution in [1.82, 2.24) is 24.7 Å². The van der Waals surface area contributed by atoms with Crippen molar-refractivity contribution >= 4 is 12.0 Å². The van der Waals surface area contributed by atoms with Crippen molar-refractivity contribution in [2.45, 2.75) is 38.5 Å². The number of amides is 2. The summed E-state index contributed by atoms with van der Waals surface area (Å²) < 4.78 is 35.2. The van der Waals surface area contributed by atoms with Gasteiger partial charge in [-0.2, -0.15) is 0 Å². The second kappa shape index (κ2) is 13.7. The van der Waals surface area contributed by atoms with Crippen molar-refractivity contribution in [3.05, 3.63) is 77.8 Å². The molecule has 3 heterocycles. The fraction of sp³-hybridized carbons (Fsp3) is 0.433. The molecule has 0 aliphatic carbocycles. The number of hydrogen-bond donors (Lipinski definition) is 2. The van der Waals surface area contributed by atoms with Crippen LogP contribution in [0.3, 0.4) is 0 Å². The first kappa shape index (κ1) is 30.1. The summed E-state index contributed by atoms with van der Waals surface area (Å²) in [4.78, 5) is 32.4. The number of nitrogens with one attached hydrogen (secondary N) is 1. The minimum Gasteiger partial charge on any atom is -0.453 e. The van der Waals surface area contributed by atoms with Crippen LogP contribution in [0.4, 0.5) is 13.6 Å². The first-order valence-corrected chi connectivity index (χ1v) is 13.7. The third kappa shape index (κ3) is 7.28. The molecule has 2 aliphatic heterocycles. The van der Waals surface area contributed by atoms with Gasteiger partial charge in [0.15, 0.2) is 0 Å². The zero-order valence-corrected chi connectivity index (χ0v) is 23.6. The molecule has 2 aromatic carbocycles. The molecule has 2 N–H and O–H groups in total. The Labute approximate surface area is 238 Å². The van der Waals surface area contributed by atoms with Gasteiger partial charge < -0.3 is 29.5 Å². The summed E-state index contributed by atoms with van der Waals surface area (Å²) in [6.45, 7) is 4.84. The molecule has 9 nitrogen and oxygen atoms in total. The van der Waals surface area contributed by atoms with Gasteiger partial charge in [0.25, 0.3) is 5.91 Å². The lowest BCUT2D eigenvalue weighted by Crippen LogP contribution is -2.56. The number of likely N-dealkylation sites (N-methyl/N-ethyl adjacent to an activating group) is 1. The highest BCUT2D eigenvalue weighted by molar-refractivity contribution is 5.80. The molecule has 0 radical (unpaired) electrons. The van der Waals surface area contributed by atoms with E-state index in [0.717, 1.165) is 23.8 Å². The molecule has 2 saturated heterocycles. The van der Waals surface area contributed by atoms with Gasteiger partial charge in [-0.3, -0.25) is 4.79 Å². The summed E-state index contributed by atoms with van der Waals surface area (Å²) in [5.41, 5.74) is 1.15. The Bertz CT molecular complexity index is 1320. The van der Waals surface area contributed by atoms with Crippen LogP contribution in [-0.2, 0) is 16.1 Å². The maximum atomic E-state index is 14.7. The van der Waals surface area contributed by atoms with E-state index in [1.165, 1.54) is 49.8 Å². The van der Waals surface area contributed by atoms with Crippen molar-refractivity contribution in [3.8, 4) is 11.3 Å². The molecule has 2 fully saturated rings. The van der Waals surface area contributed by atoms with Crippen LogP contribution in [0.25, 0.3) is 11.3 Å². The molecule has 0 saturated carbocycles. The Morgan fingerprint density at radius 1 is 1.15 bits per heavy atom. The largest absolute Gasteiger partial charge is 0.453 e. The molecule has 1 aromatic heterocycles. The average Bonchev–Trinajstić information content (AvgIpc) is 3.65. The third-order valence-corrected chi connectivity index (χ3v) is 7.34. The Balaban J connectivity index is 0.000000699. The molecule has 0 bridgehead atoms. The van der Waals surface area contributed by atoms with E-state index in [0.29, 0.717) is 25.5 Å². The highest BCUT2D eigenvalue weighted by atomic mass is 19.1. The number of aromatic nitrogens is 2. The molecule has 220 valence electrons. The van der Waals surface area contributed by atoms with Gasteiger partial charge in [-0.05, 0) is 56.6 Å². The van der Waals surface area contributed by atoms with Gasteiger partial charge in [-0.25, -0.2) is 18.6 Å². The Morgan fingerprint density at radius 3 is 2.41 bits per heavy atom. The van der Waals surface area contributed by atoms with E-state index >= 15 is 0 Å². The first-order valence-electron chi connectivity index (χ1n) is 13.7. The summed E-state index contributed by atoms with van der Waals surface area (Å²) in [6.07, 6.45) is 2.67. The molecule has 1 unspecified atom stereocenters. The lowest BCUT2D eigenvalue weighted by atomic mass is 9.89. The lowest BCUT2D eigenvalue weighted by molar-refractivity contribution is -0.143. The van der Waals surface area contributed by atoms with Crippen LogP contribution in [0, 0.1) is 17.6 Å². The van der Waals surface area contributed by atoms with Crippen molar-refractivity contribution in [2.24, 2.45) is 5.92 Å². The molecule has 2 amide bonds. The average molecular weight is 570 g/mol. The molecule has 2 atom stereocenters. The van der Waals surface area contributed by atoms with Gasteiger partial charge in [0.05, 0.1) is 18.8 Å². The second-order valence-corrected chi connectivity index (χ2v) is 10.4. The summed E-state index contributed by atoms with van der Waals surface area (Å²) in [6, 6.07) is 12.0. The number of ether oxygens (including phenoxy) is 1. The van der Waals surface area contributed by atoms with Crippen LogP contribution < -0.4 is 5.32 Å². The van der Waals surface area contributed by atoms with E-state index in [4.69, 9.17) is 4.74 Å². The Kier molecular flexibility index (Phi) is 10.1. The zero-order valence-electron chi connectivity index (χ0n) is 23.6. The van der Waals surface area contributed by atoms with E-state index in [9.17, 15) is 23.5 Å². The maximum Gasteiger partial charge on any atom is 0.409 e. The Hall–Kier alpha value is -3.83. The van der Waals surface area contributed by atoms with Crippen LogP contribution in [0.15, 0.2) is 54.7 Å². The van der Waals surface area contributed by atoms with Gasteiger partial charge in [-0.1, -0.05) is 30.3 Å². The molecule has 3 aromatic rings. The van der Waals surface area contributed by atoms with Crippen molar-refractivity contribution in [2.75, 3.05) is 40.3 Å². The zero-order chi connectivity index (χ0) is 29.5. The van der Waals surface area contributed by atoms with E-state index in [2.05, 4.69) is 10.3 Å². The van der Waals surface area contributed by atoms with E-state index < -0.39 is 35.8 Å². The van der Waals surface area contributed by atoms with Crippen LogP contribution >= 0.6 is 0 Å². The fourth-order valence-corrected chi connectivity index (χ4v) is 5.14. The standard InChI is InChI=1S/C26H28F2N4O4.C4H9N/c1-16(33)25(34)30(2)23(18-13-32(14-18)26(35)36-3)24-29-22(20-11-19(27)9-10-21(20)28)15-31(24)12-17-7-5-4-6-8-17;1-2-4-5-3-1/h4-11,15-16,18,23,33H,12-14H2,1-3H3;5H,1-4H2/t16-,23?;/m0./s1. The van der Waals surface area contributed by atoms with Crippen LogP contribution in [-0.4, -0.2) is 82.9 Å². The third-order valence-electron chi connectivity index (χ3n) is 7.34. The number of hydrogen-bond acceptors (Lipinski definition) is 6. The van der Waals surface area contributed by atoms with E-state index in [-0.39, 0.29) is 17.2 Å². The topological polar surface area (TPSA) is 99.9 Å². The molecule has 0 spiro atoms. The predicted octanol–water partition coefficient (Wildman–Crippen LogP) is 3.82. The van der Waals surface area contributed by atoms with Crippen LogP contribution in [0.5, 0.6) is 0 Å². The Morgan fingerprint density at radius 2 is 1.83 bits per heavy atom. The van der Waals surface area contributed by atoms with E-state index in [1.54, 1.807) is 17.8 Å². The predicted molar refractivity (Wildman–Crippen MR) is 150 cm³/mol. The molecule has 11 heteroatoms. The molecule has 5 rings (SSSR count). The quantitative estimate of drug-likeness (QED) is 0.449. The number of halogens is 2. The minimum absolute atomic E-state index is 0.00360. The van der Waals surface area contributed by atoms with Gasteiger partial charge in [0.1, 0.15) is 23.6 Å². The number of carbonyl (C=O) groups excluding carboxylic acids is 2. The smallest absolute Gasteiger partial charge is 0.409 e. The molecular weight excluding hydrogens is 532 g/mol. The van der Waals surface area contributed by atoms with Crippen molar-refractivity contribution in [1.29, 1.82) is 0 Å². The van der Waals surface area contributed by atoms with Gasteiger partial charge in [0, 0.05) is 44.4 Å². The van der Waals surface area contributed by atoms with Crippen molar-refractivity contribution in [3.63, 3.8) is 0 Å². The highest BCUT2D eigenvalue weighted by Gasteiger charge is 2.43. The second-order valence-electron chi connectivity index (χ2n) is 10.4. The maximum absolute atomic E-state index is 14.7. The summed E-state index contributed by atoms with van der Waals surface area (Å²) in [7, 11) is 2.85. The summed E-state index contributed by atoms with van der Waals surface area (Å²) >= 11 is 0. The van der Waals surface area contributed by atoms with Gasteiger partial charge >= 0.3 is 6.09 Å². The molecule has 2 aliphatic rings. The minimum atomic E-state index is -1.26. The van der Waals surface area contributed by atoms with Crippen LogP contribution in [0.2, 0.25) is 0 Å². The number of likely N-dealkylation sites (tertiary alicyclic amines) is 1. The normalized spacial score (nSPS) is 16.3. The highest BCUT2D eigenvalue weighted by Crippen LogP contribution is 2.36.